The third-order valence-electron chi connectivity index (χ3n) is 10.4. The first-order valence-corrected chi connectivity index (χ1v) is 18.8. The number of piperidine rings is 1. The molecule has 55 heavy (non-hydrogen) atoms. The second-order valence-electron chi connectivity index (χ2n) is 14.0. The van der Waals surface area contributed by atoms with E-state index in [2.05, 4.69) is 26.9 Å². The molecule has 1 fully saturated rings. The molecule has 13 nitrogen and oxygen atoms in total. The molecule has 5 N–H and O–H groups in total. The summed E-state index contributed by atoms with van der Waals surface area (Å²) in [6.45, 7) is 3.12. The Balaban J connectivity index is 0.888. The number of phenolic OH excluding ortho intramolecular Hbond substituents is 1. The Morgan fingerprint density at radius 2 is 1.80 bits per heavy atom. The van der Waals surface area contributed by atoms with Gasteiger partial charge in [-0.3, -0.25) is 14.9 Å². The number of rotatable bonds is 12. The molecule has 3 amide bonds. The molecule has 0 bridgehead atoms. The van der Waals surface area contributed by atoms with Gasteiger partial charge in [0.25, 0.3) is 5.91 Å². The number of aromatic hydroxyl groups is 1. The van der Waals surface area contributed by atoms with Gasteiger partial charge in [-0.15, -0.1) is 0 Å². The number of ether oxygens (including phenoxy) is 3. The smallest absolute Gasteiger partial charge is 0.411 e. The van der Waals surface area contributed by atoms with Crippen molar-refractivity contribution >= 4 is 35.0 Å². The zero-order valence-corrected chi connectivity index (χ0v) is 30.9. The molecule has 0 aliphatic carbocycles. The Morgan fingerprint density at radius 1 is 1.02 bits per heavy atom. The van der Waals surface area contributed by atoms with Crippen molar-refractivity contribution in [1.82, 2.24) is 10.2 Å². The Hall–Kier alpha value is -5.63. The van der Waals surface area contributed by atoms with Crippen LogP contribution in [0.25, 0.3) is 11.1 Å². The lowest BCUT2D eigenvalue weighted by atomic mass is 9.97. The van der Waals surface area contributed by atoms with Crippen LogP contribution in [0.15, 0.2) is 78.9 Å². The fraction of sp³-hybridized carbons (Fsp3) is 0.357. The van der Waals surface area contributed by atoms with E-state index in [4.69, 9.17) is 14.2 Å². The quantitative estimate of drug-likeness (QED) is 0.115. The van der Waals surface area contributed by atoms with Crippen molar-refractivity contribution in [1.29, 1.82) is 0 Å². The molecule has 1 atom stereocenters. The minimum Gasteiger partial charge on any atom is -0.506 e. The number of nitrogens with one attached hydrogen (secondary N) is 3. The van der Waals surface area contributed by atoms with Crippen molar-refractivity contribution in [3.05, 3.63) is 95.6 Å². The van der Waals surface area contributed by atoms with Crippen molar-refractivity contribution in [2.45, 2.75) is 50.9 Å². The number of phenols is 1. The van der Waals surface area contributed by atoms with Crippen LogP contribution in [0.3, 0.4) is 0 Å². The van der Waals surface area contributed by atoms with Gasteiger partial charge >= 0.3 is 6.09 Å². The van der Waals surface area contributed by atoms with E-state index in [1.165, 1.54) is 6.07 Å². The van der Waals surface area contributed by atoms with Crippen LogP contribution in [-0.2, 0) is 27.3 Å². The second kappa shape index (κ2) is 17.2. The third-order valence-corrected chi connectivity index (χ3v) is 10.4. The first-order chi connectivity index (χ1) is 26.8. The standard InChI is InChI=1S/C42H47N5O8/c1-53-37-23-34-28(22-29(37)24-43-25-36(49)32-13-14-35(48)40-41(32)54-26-38(50)45-40)10-7-18-47(34)39(51)17-21-46-19-15-30(16-20-46)55-42(52)44-33-12-6-5-11-31(33)27-8-3-2-4-9-27/h2-6,8-9,11-14,22-23,30,36,43,48-49H,7,10,15-21,24-26H2,1H3,(H,44,52)(H,45,50)/t36-/m0/s1. The summed E-state index contributed by atoms with van der Waals surface area (Å²) in [5.41, 5.74) is 6.08. The SMILES string of the molecule is COc1cc2c(cc1CNC[C@H](O)c1ccc(O)c3c1OCC(=O)N3)CCCN2C(=O)CCN1CCC(OC(=O)Nc2ccccc2-c2ccccc2)CC1. The fourth-order valence-electron chi connectivity index (χ4n) is 7.54. The summed E-state index contributed by atoms with van der Waals surface area (Å²) in [5.74, 6) is 0.448. The lowest BCUT2D eigenvalue weighted by Crippen LogP contribution is -2.41. The summed E-state index contributed by atoms with van der Waals surface area (Å²) >= 11 is 0. The molecule has 0 unspecified atom stereocenters. The fourth-order valence-corrected chi connectivity index (χ4v) is 7.54. The Morgan fingerprint density at radius 3 is 2.60 bits per heavy atom. The first kappa shape index (κ1) is 37.7. The van der Waals surface area contributed by atoms with Crippen molar-refractivity contribution < 1.29 is 38.8 Å². The molecule has 4 aromatic rings. The summed E-state index contributed by atoms with van der Waals surface area (Å²) in [4.78, 5) is 42.3. The highest BCUT2D eigenvalue weighted by Crippen LogP contribution is 2.41. The van der Waals surface area contributed by atoms with Gasteiger partial charge in [0.1, 0.15) is 23.3 Å². The number of anilines is 3. The van der Waals surface area contributed by atoms with Crippen LogP contribution in [0.4, 0.5) is 21.9 Å². The molecule has 0 aromatic heterocycles. The van der Waals surface area contributed by atoms with Gasteiger partial charge in [-0.25, -0.2) is 4.79 Å². The molecule has 4 aromatic carbocycles. The number of aryl methyl sites for hydroxylation is 1. The zero-order chi connectivity index (χ0) is 38.3. The predicted molar refractivity (Wildman–Crippen MR) is 209 cm³/mol. The molecular formula is C42H47N5O8. The molecule has 1 saturated heterocycles. The van der Waals surface area contributed by atoms with E-state index in [0.717, 1.165) is 53.9 Å². The number of hydrogen-bond donors (Lipinski definition) is 5. The van der Waals surface area contributed by atoms with Gasteiger partial charge in [0.05, 0.1) is 24.6 Å². The number of likely N-dealkylation sites (tertiary alicyclic amines) is 1. The average Bonchev–Trinajstić information content (AvgIpc) is 3.20. The minimum absolute atomic E-state index is 0.0578. The van der Waals surface area contributed by atoms with Crippen LogP contribution in [0.2, 0.25) is 0 Å². The van der Waals surface area contributed by atoms with Crippen LogP contribution >= 0.6 is 0 Å². The minimum atomic E-state index is -0.966. The van der Waals surface area contributed by atoms with E-state index < -0.39 is 12.2 Å². The Kier molecular flexibility index (Phi) is 11.8. The van der Waals surface area contributed by atoms with Crippen molar-refractivity contribution in [3.8, 4) is 28.4 Å². The number of benzene rings is 4. The van der Waals surface area contributed by atoms with Crippen LogP contribution in [-0.4, -0.2) is 85.6 Å². The van der Waals surface area contributed by atoms with Crippen molar-refractivity contribution in [2.75, 3.05) is 62.0 Å². The topological polar surface area (TPSA) is 162 Å². The molecule has 3 aliphatic heterocycles. The third kappa shape index (κ3) is 8.86. The lowest BCUT2D eigenvalue weighted by Gasteiger charge is -2.33. The number of fused-ring (bicyclic) bond motifs is 2. The number of nitrogens with zero attached hydrogens (tertiary/aromatic N) is 2. The van der Waals surface area contributed by atoms with Gasteiger partial charge in [-0.05, 0) is 61.1 Å². The number of methoxy groups -OCH3 is 1. The van der Waals surface area contributed by atoms with E-state index in [1.54, 1.807) is 13.2 Å². The maximum absolute atomic E-state index is 13.6. The highest BCUT2D eigenvalue weighted by molar-refractivity contribution is 5.98. The molecule has 3 aliphatic rings. The summed E-state index contributed by atoms with van der Waals surface area (Å²) < 4.78 is 17.1. The molecule has 7 rings (SSSR count). The van der Waals surface area contributed by atoms with E-state index in [0.29, 0.717) is 55.9 Å². The number of carbonyl (C=O) groups is 3. The van der Waals surface area contributed by atoms with Gasteiger partial charge in [0.15, 0.2) is 12.4 Å². The number of amides is 3. The molecule has 288 valence electrons. The molecule has 0 saturated carbocycles. The molecule has 13 heteroatoms. The molecular weight excluding hydrogens is 702 g/mol. The van der Waals surface area contributed by atoms with Crippen molar-refractivity contribution in [2.24, 2.45) is 0 Å². The molecule has 0 radical (unpaired) electrons. The van der Waals surface area contributed by atoms with Gasteiger partial charge in [-0.1, -0.05) is 48.5 Å². The summed E-state index contributed by atoms with van der Waals surface area (Å²) in [7, 11) is 1.60. The number of aliphatic hydroxyl groups excluding tert-OH is 1. The number of aliphatic hydroxyl groups is 1. The van der Waals surface area contributed by atoms with Gasteiger partial charge < -0.3 is 44.9 Å². The van der Waals surface area contributed by atoms with Gasteiger partial charge in [-0.2, -0.15) is 0 Å². The highest BCUT2D eigenvalue weighted by atomic mass is 16.6. The van der Waals surface area contributed by atoms with Crippen LogP contribution in [0.1, 0.15) is 48.5 Å². The van der Waals surface area contributed by atoms with E-state index in [-0.39, 0.29) is 48.3 Å². The van der Waals surface area contributed by atoms with Crippen molar-refractivity contribution in [3.63, 3.8) is 0 Å². The summed E-state index contributed by atoms with van der Waals surface area (Å²) in [5, 5.41) is 29.9. The maximum atomic E-state index is 13.6. The monoisotopic (exact) mass is 749 g/mol. The van der Waals surface area contributed by atoms with Gasteiger partial charge in [0, 0.05) is 68.4 Å². The lowest BCUT2D eigenvalue weighted by molar-refractivity contribution is -0.119. The second-order valence-corrected chi connectivity index (χ2v) is 14.0. The Bertz CT molecular complexity index is 2020. The maximum Gasteiger partial charge on any atom is 0.411 e. The summed E-state index contributed by atoms with van der Waals surface area (Å²) in [6.07, 6.45) is 1.82. The van der Waals surface area contributed by atoms with E-state index >= 15 is 0 Å². The molecule has 0 spiro atoms. The van der Waals surface area contributed by atoms with E-state index in [9.17, 15) is 24.6 Å². The van der Waals surface area contributed by atoms with Gasteiger partial charge in [0.2, 0.25) is 5.91 Å². The average molecular weight is 750 g/mol. The number of carbonyl (C=O) groups excluding carboxylic acids is 3. The van der Waals surface area contributed by atoms with Crippen LogP contribution in [0, 0.1) is 0 Å². The normalized spacial score (nSPS) is 16.3. The largest absolute Gasteiger partial charge is 0.506 e. The zero-order valence-electron chi connectivity index (χ0n) is 30.9. The summed E-state index contributed by atoms with van der Waals surface area (Å²) in [6, 6.07) is 24.6. The van der Waals surface area contributed by atoms with E-state index in [1.807, 2.05) is 65.6 Å². The highest BCUT2D eigenvalue weighted by Gasteiger charge is 2.28. The number of hydrogen-bond acceptors (Lipinski definition) is 10. The number of para-hydroxylation sites is 1. The Labute approximate surface area is 320 Å². The first-order valence-electron chi connectivity index (χ1n) is 18.8. The van der Waals surface area contributed by atoms with Crippen LogP contribution in [0.5, 0.6) is 17.2 Å². The predicted octanol–water partition coefficient (Wildman–Crippen LogP) is 5.60. The van der Waals surface area contributed by atoms with Crippen LogP contribution < -0.4 is 30.3 Å². The molecule has 3 heterocycles.